The van der Waals surface area contributed by atoms with Crippen LogP contribution in [0.25, 0.3) is 0 Å². The molecule has 0 atom stereocenters. The minimum atomic E-state index is 0.911. The minimum absolute atomic E-state index is 0.911. The normalized spacial score (nSPS) is 9.86. The lowest BCUT2D eigenvalue weighted by Crippen LogP contribution is -2.82. The molecule has 0 saturated heterocycles. The SMILES string of the molecule is C=CC[NH2+]Cc1cc(Br)ccc1OC. The van der Waals surface area contributed by atoms with E-state index in [0.29, 0.717) is 0 Å². The van der Waals surface area contributed by atoms with E-state index in [1.807, 2.05) is 18.2 Å². The number of benzene rings is 1. The van der Waals surface area contributed by atoms with Gasteiger partial charge in [-0.15, -0.1) is 0 Å². The van der Waals surface area contributed by atoms with E-state index in [1.54, 1.807) is 7.11 Å². The van der Waals surface area contributed by atoms with Crippen LogP contribution in [-0.4, -0.2) is 13.7 Å². The van der Waals surface area contributed by atoms with Gasteiger partial charge < -0.3 is 10.1 Å². The van der Waals surface area contributed by atoms with E-state index < -0.39 is 0 Å². The summed E-state index contributed by atoms with van der Waals surface area (Å²) in [7, 11) is 1.69. The van der Waals surface area contributed by atoms with Crippen molar-refractivity contribution in [3.63, 3.8) is 0 Å². The molecule has 0 unspecified atom stereocenters. The van der Waals surface area contributed by atoms with Crippen LogP contribution in [0.2, 0.25) is 0 Å². The molecule has 1 aromatic rings. The van der Waals surface area contributed by atoms with Gasteiger partial charge in [0.15, 0.2) is 0 Å². The van der Waals surface area contributed by atoms with Crippen molar-refractivity contribution in [3.05, 3.63) is 40.9 Å². The van der Waals surface area contributed by atoms with Crippen molar-refractivity contribution >= 4 is 15.9 Å². The van der Waals surface area contributed by atoms with Crippen LogP contribution < -0.4 is 10.1 Å². The average Bonchev–Trinajstić information content (AvgIpc) is 2.19. The number of ether oxygens (including phenoxy) is 1. The monoisotopic (exact) mass is 256 g/mol. The van der Waals surface area contributed by atoms with Crippen LogP contribution in [0.3, 0.4) is 0 Å². The third kappa shape index (κ3) is 3.16. The molecule has 0 amide bonds. The van der Waals surface area contributed by atoms with E-state index in [0.717, 1.165) is 23.3 Å². The molecule has 1 aromatic carbocycles. The molecule has 14 heavy (non-hydrogen) atoms. The average molecular weight is 257 g/mol. The summed E-state index contributed by atoms with van der Waals surface area (Å²) in [5.41, 5.74) is 1.20. The Kier molecular flexibility index (Phi) is 4.70. The van der Waals surface area contributed by atoms with Crippen LogP contribution in [0.4, 0.5) is 0 Å². The fraction of sp³-hybridized carbons (Fsp3) is 0.273. The summed E-state index contributed by atoms with van der Waals surface area (Å²) in [6, 6.07) is 6.04. The van der Waals surface area contributed by atoms with Crippen molar-refractivity contribution in [2.45, 2.75) is 6.54 Å². The summed E-state index contributed by atoms with van der Waals surface area (Å²) in [5.74, 6) is 0.938. The van der Waals surface area contributed by atoms with Crippen molar-refractivity contribution in [2.24, 2.45) is 0 Å². The molecule has 0 radical (unpaired) electrons. The highest BCUT2D eigenvalue weighted by atomic mass is 79.9. The number of methoxy groups -OCH3 is 1. The lowest BCUT2D eigenvalue weighted by atomic mass is 10.2. The Morgan fingerprint density at radius 1 is 1.57 bits per heavy atom. The van der Waals surface area contributed by atoms with E-state index in [1.165, 1.54) is 5.56 Å². The summed E-state index contributed by atoms with van der Waals surface area (Å²) in [6.45, 7) is 5.52. The van der Waals surface area contributed by atoms with E-state index in [4.69, 9.17) is 4.74 Å². The van der Waals surface area contributed by atoms with Gasteiger partial charge in [-0.1, -0.05) is 22.5 Å². The van der Waals surface area contributed by atoms with Gasteiger partial charge in [0.05, 0.1) is 13.7 Å². The van der Waals surface area contributed by atoms with E-state index >= 15 is 0 Å². The maximum Gasteiger partial charge on any atom is 0.127 e. The van der Waals surface area contributed by atoms with Crippen molar-refractivity contribution in [1.82, 2.24) is 0 Å². The summed E-state index contributed by atoms with van der Waals surface area (Å²) in [6.07, 6.45) is 1.89. The van der Waals surface area contributed by atoms with Crippen molar-refractivity contribution in [2.75, 3.05) is 13.7 Å². The molecule has 0 aliphatic carbocycles. The fourth-order valence-electron chi connectivity index (χ4n) is 1.26. The highest BCUT2D eigenvalue weighted by molar-refractivity contribution is 9.10. The molecule has 76 valence electrons. The standard InChI is InChI=1S/C11H14BrNO/c1-3-6-13-8-9-7-10(12)4-5-11(9)14-2/h3-5,7,13H,1,6,8H2,2H3/p+1. The Balaban J connectivity index is 2.71. The number of nitrogens with two attached hydrogens (primary N) is 1. The minimum Gasteiger partial charge on any atom is -0.496 e. The highest BCUT2D eigenvalue weighted by Gasteiger charge is 2.04. The van der Waals surface area contributed by atoms with Gasteiger partial charge in [0.2, 0.25) is 0 Å². The smallest absolute Gasteiger partial charge is 0.127 e. The Labute approximate surface area is 93.1 Å². The van der Waals surface area contributed by atoms with Crippen LogP contribution in [0, 0.1) is 0 Å². The zero-order chi connectivity index (χ0) is 10.4. The molecule has 0 aliphatic rings. The predicted octanol–water partition coefficient (Wildman–Crippen LogP) is 1.71. The molecule has 0 aromatic heterocycles. The Morgan fingerprint density at radius 2 is 2.36 bits per heavy atom. The number of quaternary nitrogens is 1. The molecule has 0 heterocycles. The second-order valence-electron chi connectivity index (χ2n) is 2.97. The van der Waals surface area contributed by atoms with Gasteiger partial charge in [-0.2, -0.15) is 0 Å². The molecule has 3 heteroatoms. The van der Waals surface area contributed by atoms with Gasteiger partial charge in [0.25, 0.3) is 0 Å². The molecule has 1 rings (SSSR count). The second kappa shape index (κ2) is 5.83. The lowest BCUT2D eigenvalue weighted by molar-refractivity contribution is -0.662. The molecule has 0 saturated carbocycles. The van der Waals surface area contributed by atoms with Gasteiger partial charge in [0.1, 0.15) is 12.3 Å². The molecule has 2 N–H and O–H groups in total. The largest absolute Gasteiger partial charge is 0.496 e. The summed E-state index contributed by atoms with van der Waals surface area (Å²) >= 11 is 3.44. The summed E-state index contributed by atoms with van der Waals surface area (Å²) in [5, 5.41) is 2.18. The first kappa shape index (κ1) is 11.3. The highest BCUT2D eigenvalue weighted by Crippen LogP contribution is 2.21. The van der Waals surface area contributed by atoms with Crippen LogP contribution >= 0.6 is 15.9 Å². The van der Waals surface area contributed by atoms with Crippen molar-refractivity contribution in [1.29, 1.82) is 0 Å². The zero-order valence-electron chi connectivity index (χ0n) is 8.29. The van der Waals surface area contributed by atoms with Gasteiger partial charge in [0, 0.05) is 10.0 Å². The third-order valence-corrected chi connectivity index (χ3v) is 2.43. The van der Waals surface area contributed by atoms with Gasteiger partial charge in [-0.05, 0) is 24.3 Å². The fourth-order valence-corrected chi connectivity index (χ4v) is 1.67. The number of rotatable bonds is 5. The maximum absolute atomic E-state index is 5.26. The van der Waals surface area contributed by atoms with E-state index in [-0.39, 0.29) is 0 Å². The van der Waals surface area contributed by atoms with Gasteiger partial charge in [-0.3, -0.25) is 0 Å². The summed E-state index contributed by atoms with van der Waals surface area (Å²) in [4.78, 5) is 0. The number of hydrogen-bond donors (Lipinski definition) is 1. The predicted molar refractivity (Wildman–Crippen MR) is 61.4 cm³/mol. The first-order chi connectivity index (χ1) is 6.77. The molecule has 0 aliphatic heterocycles. The first-order valence-corrected chi connectivity index (χ1v) is 5.32. The van der Waals surface area contributed by atoms with E-state index in [2.05, 4.69) is 33.9 Å². The molecule has 0 bridgehead atoms. The van der Waals surface area contributed by atoms with Gasteiger partial charge in [-0.25, -0.2) is 0 Å². The zero-order valence-corrected chi connectivity index (χ0v) is 9.88. The Morgan fingerprint density at radius 3 is 3.00 bits per heavy atom. The summed E-state index contributed by atoms with van der Waals surface area (Å²) < 4.78 is 6.35. The Hall–Kier alpha value is -0.800. The molecule has 0 spiro atoms. The van der Waals surface area contributed by atoms with Crippen molar-refractivity contribution in [3.8, 4) is 5.75 Å². The first-order valence-electron chi connectivity index (χ1n) is 4.53. The maximum atomic E-state index is 5.26. The lowest BCUT2D eigenvalue weighted by Gasteiger charge is -2.07. The van der Waals surface area contributed by atoms with Crippen LogP contribution in [0.15, 0.2) is 35.3 Å². The second-order valence-corrected chi connectivity index (χ2v) is 3.89. The van der Waals surface area contributed by atoms with Crippen LogP contribution in [-0.2, 0) is 6.54 Å². The molecule has 0 fully saturated rings. The van der Waals surface area contributed by atoms with Gasteiger partial charge >= 0.3 is 0 Å². The molecular weight excluding hydrogens is 242 g/mol. The van der Waals surface area contributed by atoms with Crippen LogP contribution in [0.1, 0.15) is 5.56 Å². The Bertz CT molecular complexity index is 312. The topological polar surface area (TPSA) is 25.8 Å². The molecule has 2 nitrogen and oxygen atoms in total. The number of halogens is 1. The van der Waals surface area contributed by atoms with E-state index in [9.17, 15) is 0 Å². The third-order valence-electron chi connectivity index (χ3n) is 1.94. The van der Waals surface area contributed by atoms with Crippen LogP contribution in [0.5, 0.6) is 5.75 Å². The molecular formula is C11H15BrNO+. The number of hydrogen-bond acceptors (Lipinski definition) is 1. The van der Waals surface area contributed by atoms with Crippen molar-refractivity contribution < 1.29 is 10.1 Å². The quantitative estimate of drug-likeness (QED) is 0.630.